The van der Waals surface area contributed by atoms with Crippen molar-refractivity contribution < 1.29 is 4.98 Å². The summed E-state index contributed by atoms with van der Waals surface area (Å²) in [7, 11) is 0. The summed E-state index contributed by atoms with van der Waals surface area (Å²) in [6.07, 6.45) is 5.94. The number of hydrogen-bond acceptors (Lipinski definition) is 2. The lowest BCUT2D eigenvalue weighted by Crippen LogP contribution is -2.39. The highest BCUT2D eigenvalue weighted by atomic mass is 35.5. The molecule has 3 atom stereocenters. The largest absolute Gasteiger partial charge is 0.355 e. The molecule has 3 unspecified atom stereocenters. The Balaban J connectivity index is 1.63. The molecule has 24 heavy (non-hydrogen) atoms. The van der Waals surface area contributed by atoms with Crippen molar-refractivity contribution in [3.05, 3.63) is 58.1 Å². The maximum Gasteiger partial charge on any atom is 0.300 e. The molecule has 4 rings (SSSR count). The van der Waals surface area contributed by atoms with Crippen molar-refractivity contribution in [3.63, 3.8) is 0 Å². The number of aromatic amines is 2. The molecular formula is C18H19Cl2N4+. The fraction of sp³-hybridized carbons (Fsp3) is 0.333. The van der Waals surface area contributed by atoms with Crippen LogP contribution >= 0.6 is 23.2 Å². The Morgan fingerprint density at radius 2 is 2.04 bits per heavy atom. The number of fused-ring (bicyclic) bond motifs is 1. The molecule has 3 heterocycles. The molecule has 2 aromatic heterocycles. The van der Waals surface area contributed by atoms with Crippen molar-refractivity contribution in [2.45, 2.75) is 37.8 Å². The van der Waals surface area contributed by atoms with Gasteiger partial charge in [0.1, 0.15) is 11.7 Å². The molecule has 1 fully saturated rings. The molecule has 4 nitrogen and oxygen atoms in total. The van der Waals surface area contributed by atoms with Gasteiger partial charge in [0.05, 0.1) is 16.0 Å². The first-order valence-electron chi connectivity index (χ1n) is 8.17. The maximum absolute atomic E-state index is 6.19. The number of hydrogen-bond donors (Lipinski definition) is 2. The summed E-state index contributed by atoms with van der Waals surface area (Å²) in [5.74, 6) is 1.42. The van der Waals surface area contributed by atoms with Crippen LogP contribution in [0.2, 0.25) is 10.0 Å². The molecule has 0 radical (unpaired) electrons. The average molecular weight is 362 g/mol. The van der Waals surface area contributed by atoms with Gasteiger partial charge in [-0.05, 0) is 42.4 Å². The highest BCUT2D eigenvalue weighted by molar-refractivity contribution is 6.42. The van der Waals surface area contributed by atoms with Crippen molar-refractivity contribution in [2.75, 3.05) is 0 Å². The minimum atomic E-state index is 0.241. The zero-order valence-corrected chi connectivity index (χ0v) is 14.8. The molecule has 0 aliphatic carbocycles. The van der Waals surface area contributed by atoms with Gasteiger partial charge < -0.3 is 10.3 Å². The van der Waals surface area contributed by atoms with Gasteiger partial charge in [-0.1, -0.05) is 29.3 Å². The van der Waals surface area contributed by atoms with Gasteiger partial charge in [-0.25, -0.2) is 4.98 Å². The topological polar surface area (TPSA) is 54.9 Å². The summed E-state index contributed by atoms with van der Waals surface area (Å²) in [6, 6.07) is 8.53. The number of rotatable bonds is 2. The first-order valence-corrected chi connectivity index (χ1v) is 8.92. The SMILES string of the molecule is CC1CC(c2nc3cc[nH]c3c[nH+]2)CC(c2ccc(Cl)c(Cl)c2)N1. The van der Waals surface area contributed by atoms with E-state index in [1.807, 2.05) is 36.7 Å². The summed E-state index contributed by atoms with van der Waals surface area (Å²) in [4.78, 5) is 11.3. The van der Waals surface area contributed by atoms with Gasteiger partial charge in [-0.3, -0.25) is 0 Å². The third-order valence-corrected chi connectivity index (χ3v) is 5.48. The number of aromatic nitrogens is 3. The van der Waals surface area contributed by atoms with E-state index >= 15 is 0 Å². The monoisotopic (exact) mass is 361 g/mol. The Kier molecular flexibility index (Phi) is 4.21. The zero-order chi connectivity index (χ0) is 16.7. The molecule has 3 aromatic rings. The normalized spacial score (nSPS) is 24.4. The Morgan fingerprint density at radius 3 is 2.88 bits per heavy atom. The van der Waals surface area contributed by atoms with Crippen LogP contribution in [0.15, 0.2) is 36.7 Å². The second-order valence-corrected chi connectivity index (χ2v) is 7.34. The summed E-state index contributed by atoms with van der Waals surface area (Å²) >= 11 is 12.2. The number of H-pyrrole nitrogens is 2. The van der Waals surface area contributed by atoms with Crippen molar-refractivity contribution >= 4 is 34.2 Å². The fourth-order valence-electron chi connectivity index (χ4n) is 3.58. The third kappa shape index (κ3) is 3.02. The second-order valence-electron chi connectivity index (χ2n) is 6.52. The summed E-state index contributed by atoms with van der Waals surface area (Å²) in [5.41, 5.74) is 3.20. The summed E-state index contributed by atoms with van der Waals surface area (Å²) in [6.45, 7) is 2.21. The van der Waals surface area contributed by atoms with Gasteiger partial charge in [0.2, 0.25) is 5.52 Å². The highest BCUT2D eigenvalue weighted by Crippen LogP contribution is 2.36. The van der Waals surface area contributed by atoms with Gasteiger partial charge in [0, 0.05) is 24.3 Å². The van der Waals surface area contributed by atoms with Crippen LogP contribution in [0.5, 0.6) is 0 Å². The molecule has 0 bridgehead atoms. The molecule has 0 spiro atoms. The lowest BCUT2D eigenvalue weighted by molar-refractivity contribution is -0.397. The first kappa shape index (κ1) is 15.9. The van der Waals surface area contributed by atoms with E-state index in [0.717, 1.165) is 29.7 Å². The number of nitrogens with zero attached hydrogens (tertiary/aromatic N) is 1. The van der Waals surface area contributed by atoms with E-state index in [2.05, 4.69) is 22.2 Å². The van der Waals surface area contributed by atoms with Crippen LogP contribution in [0, 0.1) is 0 Å². The van der Waals surface area contributed by atoms with Crippen LogP contribution < -0.4 is 10.3 Å². The van der Waals surface area contributed by atoms with E-state index in [0.29, 0.717) is 22.0 Å². The summed E-state index contributed by atoms with van der Waals surface area (Å²) in [5, 5.41) is 4.85. The number of piperidine rings is 1. The molecule has 1 saturated heterocycles. The predicted molar refractivity (Wildman–Crippen MR) is 96.4 cm³/mol. The number of benzene rings is 1. The van der Waals surface area contributed by atoms with Crippen molar-refractivity contribution in [2.24, 2.45) is 0 Å². The molecule has 1 aliphatic rings. The molecule has 124 valence electrons. The molecule has 1 aliphatic heterocycles. The number of halogens is 2. The molecule has 0 amide bonds. The van der Waals surface area contributed by atoms with Gasteiger partial charge in [0.25, 0.3) is 5.82 Å². The smallest absolute Gasteiger partial charge is 0.300 e. The molecule has 3 N–H and O–H groups in total. The quantitative estimate of drug-likeness (QED) is 0.715. The maximum atomic E-state index is 6.19. The van der Waals surface area contributed by atoms with Gasteiger partial charge >= 0.3 is 0 Å². The highest BCUT2D eigenvalue weighted by Gasteiger charge is 2.33. The van der Waals surface area contributed by atoms with Crippen LogP contribution in [-0.4, -0.2) is 16.0 Å². The van der Waals surface area contributed by atoms with E-state index in [-0.39, 0.29) is 6.04 Å². The lowest BCUT2D eigenvalue weighted by atomic mass is 9.85. The van der Waals surface area contributed by atoms with Crippen molar-refractivity contribution in [1.29, 1.82) is 0 Å². The molecule has 0 saturated carbocycles. The second kappa shape index (κ2) is 6.36. The first-order chi connectivity index (χ1) is 11.6. The standard InChI is InChI=1S/C18H18Cl2N4/c1-10-6-12(18-22-9-17-15(24-18)4-5-21-17)8-16(23-10)11-2-3-13(19)14(20)7-11/h2-5,7,9-10,12,16,21,23H,6,8H2,1H3/p+1. The van der Waals surface area contributed by atoms with Gasteiger partial charge in [-0.15, -0.1) is 0 Å². The minimum absolute atomic E-state index is 0.241. The fourth-order valence-corrected chi connectivity index (χ4v) is 3.88. The third-order valence-electron chi connectivity index (χ3n) is 4.74. The van der Waals surface area contributed by atoms with Gasteiger partial charge in [0.15, 0.2) is 0 Å². The Labute approximate surface area is 150 Å². The van der Waals surface area contributed by atoms with E-state index < -0.39 is 0 Å². The minimum Gasteiger partial charge on any atom is -0.355 e. The van der Waals surface area contributed by atoms with Crippen LogP contribution in [0.3, 0.4) is 0 Å². The van der Waals surface area contributed by atoms with E-state index in [1.165, 1.54) is 5.56 Å². The van der Waals surface area contributed by atoms with Crippen LogP contribution in [0.1, 0.15) is 43.1 Å². The summed E-state index contributed by atoms with van der Waals surface area (Å²) < 4.78 is 0. The van der Waals surface area contributed by atoms with Crippen LogP contribution in [0.4, 0.5) is 0 Å². The zero-order valence-electron chi connectivity index (χ0n) is 13.3. The predicted octanol–water partition coefficient (Wildman–Crippen LogP) is 4.28. The Hall–Kier alpha value is -1.62. The molecular weight excluding hydrogens is 343 g/mol. The molecule has 1 aromatic carbocycles. The lowest BCUT2D eigenvalue weighted by Gasteiger charge is -2.33. The van der Waals surface area contributed by atoms with Crippen molar-refractivity contribution in [3.8, 4) is 0 Å². The van der Waals surface area contributed by atoms with Gasteiger partial charge in [-0.2, -0.15) is 0 Å². The Morgan fingerprint density at radius 1 is 1.17 bits per heavy atom. The van der Waals surface area contributed by atoms with E-state index in [9.17, 15) is 0 Å². The van der Waals surface area contributed by atoms with Crippen LogP contribution in [-0.2, 0) is 0 Å². The van der Waals surface area contributed by atoms with Crippen LogP contribution in [0.25, 0.3) is 11.0 Å². The van der Waals surface area contributed by atoms with Crippen molar-refractivity contribution in [1.82, 2.24) is 15.3 Å². The Bertz CT molecular complexity index is 876. The van der Waals surface area contributed by atoms with E-state index in [1.54, 1.807) is 0 Å². The van der Waals surface area contributed by atoms with E-state index in [4.69, 9.17) is 28.2 Å². The molecule has 6 heteroatoms. The number of nitrogens with one attached hydrogen (secondary N) is 3. The average Bonchev–Trinajstić information content (AvgIpc) is 3.04.